The SMILES string of the molecule is O[C@@H](C[NH2+]CCc1ccc(C(F)(F)F)cc1)COC(c1ccccc1)c1ccccc1. The normalized spacial score (nSPS) is 12.8. The third-order valence-corrected chi connectivity index (χ3v) is 5.02. The lowest BCUT2D eigenvalue weighted by molar-refractivity contribution is -0.660. The second-order valence-electron chi connectivity index (χ2n) is 7.45. The Bertz CT molecular complexity index is 860. The molecule has 0 saturated heterocycles. The Balaban J connectivity index is 1.45. The van der Waals surface area contributed by atoms with E-state index in [9.17, 15) is 18.3 Å². The summed E-state index contributed by atoms with van der Waals surface area (Å²) in [4.78, 5) is 0. The summed E-state index contributed by atoms with van der Waals surface area (Å²) in [5.74, 6) is 0. The second kappa shape index (κ2) is 11.1. The van der Waals surface area contributed by atoms with Gasteiger partial charge < -0.3 is 15.2 Å². The average molecular weight is 430 g/mol. The molecule has 3 N–H and O–H groups in total. The lowest BCUT2D eigenvalue weighted by Crippen LogP contribution is -2.87. The molecule has 0 radical (unpaired) electrons. The molecule has 31 heavy (non-hydrogen) atoms. The molecule has 0 unspecified atom stereocenters. The highest BCUT2D eigenvalue weighted by Gasteiger charge is 2.29. The molecular formula is C25H27F3NO2+. The fraction of sp³-hybridized carbons (Fsp3) is 0.280. The first-order chi connectivity index (χ1) is 14.9. The van der Waals surface area contributed by atoms with Crippen LogP contribution in [0.15, 0.2) is 84.9 Å². The minimum absolute atomic E-state index is 0.186. The van der Waals surface area contributed by atoms with Crippen LogP contribution in [0, 0.1) is 0 Å². The first-order valence-corrected chi connectivity index (χ1v) is 10.3. The summed E-state index contributed by atoms with van der Waals surface area (Å²) in [5.41, 5.74) is 2.24. The van der Waals surface area contributed by atoms with Crippen LogP contribution in [0.25, 0.3) is 0 Å². The third kappa shape index (κ3) is 7.21. The van der Waals surface area contributed by atoms with Gasteiger partial charge in [0.2, 0.25) is 0 Å². The minimum atomic E-state index is -4.31. The van der Waals surface area contributed by atoms with E-state index in [2.05, 4.69) is 0 Å². The molecule has 3 aromatic rings. The van der Waals surface area contributed by atoms with Crippen molar-refractivity contribution in [3.8, 4) is 0 Å². The Kier molecular flexibility index (Phi) is 8.23. The summed E-state index contributed by atoms with van der Waals surface area (Å²) in [6.45, 7) is 1.31. The quantitative estimate of drug-likeness (QED) is 0.478. The van der Waals surface area contributed by atoms with E-state index < -0.39 is 17.8 Å². The number of halogens is 3. The lowest BCUT2D eigenvalue weighted by atomic mass is 10.0. The van der Waals surface area contributed by atoms with Crippen LogP contribution in [0.1, 0.15) is 28.4 Å². The molecule has 0 heterocycles. The highest BCUT2D eigenvalue weighted by Crippen LogP contribution is 2.29. The topological polar surface area (TPSA) is 46.1 Å². The molecule has 0 aliphatic carbocycles. The predicted octanol–water partition coefficient (Wildman–Crippen LogP) is 3.98. The van der Waals surface area contributed by atoms with E-state index >= 15 is 0 Å². The fourth-order valence-electron chi connectivity index (χ4n) is 3.36. The predicted molar refractivity (Wildman–Crippen MR) is 113 cm³/mol. The fourth-order valence-corrected chi connectivity index (χ4v) is 3.36. The summed E-state index contributed by atoms with van der Waals surface area (Å²) < 4.78 is 43.9. The van der Waals surface area contributed by atoms with Crippen LogP contribution in [0.3, 0.4) is 0 Å². The number of alkyl halides is 3. The van der Waals surface area contributed by atoms with Crippen molar-refractivity contribution in [3.05, 3.63) is 107 Å². The molecule has 164 valence electrons. The van der Waals surface area contributed by atoms with Crippen LogP contribution in [0.4, 0.5) is 13.2 Å². The molecule has 6 heteroatoms. The average Bonchev–Trinajstić information content (AvgIpc) is 2.78. The van der Waals surface area contributed by atoms with E-state index in [1.54, 1.807) is 0 Å². The van der Waals surface area contributed by atoms with Gasteiger partial charge in [-0.05, 0) is 28.8 Å². The lowest BCUT2D eigenvalue weighted by Gasteiger charge is -2.20. The molecule has 0 aliphatic rings. The summed E-state index contributed by atoms with van der Waals surface area (Å²) in [7, 11) is 0. The summed E-state index contributed by atoms with van der Waals surface area (Å²) in [6, 6.07) is 24.9. The van der Waals surface area contributed by atoms with E-state index in [4.69, 9.17) is 4.74 Å². The summed E-state index contributed by atoms with van der Waals surface area (Å²) in [5, 5.41) is 12.3. The van der Waals surface area contributed by atoms with Crippen molar-refractivity contribution in [1.82, 2.24) is 0 Å². The van der Waals surface area contributed by atoms with E-state index in [1.165, 1.54) is 12.1 Å². The Morgan fingerprint density at radius 1 is 0.806 bits per heavy atom. The zero-order valence-electron chi connectivity index (χ0n) is 17.1. The maximum Gasteiger partial charge on any atom is 0.416 e. The number of aliphatic hydroxyl groups excluding tert-OH is 1. The molecule has 0 fully saturated rings. The number of hydrogen-bond acceptors (Lipinski definition) is 2. The van der Waals surface area contributed by atoms with Gasteiger partial charge in [0.25, 0.3) is 0 Å². The second-order valence-corrected chi connectivity index (χ2v) is 7.45. The number of ether oxygens (including phenoxy) is 1. The molecule has 0 spiro atoms. The van der Waals surface area contributed by atoms with Crippen molar-refractivity contribution >= 4 is 0 Å². The van der Waals surface area contributed by atoms with Crippen LogP contribution in [-0.4, -0.2) is 30.9 Å². The van der Waals surface area contributed by atoms with Crippen molar-refractivity contribution in [2.75, 3.05) is 19.7 Å². The van der Waals surface area contributed by atoms with Gasteiger partial charge >= 0.3 is 6.18 Å². The maximum atomic E-state index is 12.6. The number of nitrogens with two attached hydrogens (primary N) is 1. The first-order valence-electron chi connectivity index (χ1n) is 10.3. The number of aliphatic hydroxyl groups is 1. The number of hydrogen-bond donors (Lipinski definition) is 2. The van der Waals surface area contributed by atoms with Crippen LogP contribution >= 0.6 is 0 Å². The Morgan fingerprint density at radius 3 is 1.87 bits per heavy atom. The van der Waals surface area contributed by atoms with Gasteiger partial charge in [-0.2, -0.15) is 13.2 Å². The van der Waals surface area contributed by atoms with Crippen molar-refractivity contribution in [2.24, 2.45) is 0 Å². The number of quaternary nitrogens is 1. The number of rotatable bonds is 10. The Labute approximate surface area is 180 Å². The van der Waals surface area contributed by atoms with Gasteiger partial charge in [0.1, 0.15) is 18.8 Å². The van der Waals surface area contributed by atoms with E-state index in [0.29, 0.717) is 19.5 Å². The van der Waals surface area contributed by atoms with Crippen molar-refractivity contribution < 1.29 is 28.3 Å². The first kappa shape index (κ1) is 23.0. The van der Waals surface area contributed by atoms with Crippen LogP contribution < -0.4 is 5.32 Å². The molecule has 3 aromatic carbocycles. The Morgan fingerprint density at radius 2 is 1.35 bits per heavy atom. The van der Waals surface area contributed by atoms with Gasteiger partial charge in [-0.15, -0.1) is 0 Å². The monoisotopic (exact) mass is 430 g/mol. The van der Waals surface area contributed by atoms with E-state index in [-0.39, 0.29) is 12.7 Å². The molecule has 0 saturated carbocycles. The Hall–Kier alpha value is -2.67. The van der Waals surface area contributed by atoms with Crippen molar-refractivity contribution in [1.29, 1.82) is 0 Å². The van der Waals surface area contributed by atoms with Crippen molar-refractivity contribution in [2.45, 2.75) is 24.8 Å². The van der Waals surface area contributed by atoms with Crippen LogP contribution in [-0.2, 0) is 17.3 Å². The van der Waals surface area contributed by atoms with Crippen LogP contribution in [0.2, 0.25) is 0 Å². The van der Waals surface area contributed by atoms with Gasteiger partial charge in [0, 0.05) is 6.42 Å². The van der Waals surface area contributed by atoms with Crippen LogP contribution in [0.5, 0.6) is 0 Å². The summed E-state index contributed by atoms with van der Waals surface area (Å²) in [6.07, 6.45) is -4.60. The van der Waals surface area contributed by atoms with Gasteiger partial charge in [-0.1, -0.05) is 72.8 Å². The molecule has 0 bridgehead atoms. The summed E-state index contributed by atoms with van der Waals surface area (Å²) >= 11 is 0. The smallest absolute Gasteiger partial charge is 0.385 e. The zero-order valence-corrected chi connectivity index (χ0v) is 17.1. The molecule has 3 rings (SSSR count). The van der Waals surface area contributed by atoms with E-state index in [1.807, 2.05) is 66.0 Å². The molecule has 0 aromatic heterocycles. The van der Waals surface area contributed by atoms with Gasteiger partial charge in [-0.3, -0.25) is 0 Å². The number of benzene rings is 3. The largest absolute Gasteiger partial charge is 0.416 e. The highest BCUT2D eigenvalue weighted by molar-refractivity contribution is 5.30. The molecular weight excluding hydrogens is 403 g/mol. The molecule has 3 nitrogen and oxygen atoms in total. The van der Waals surface area contributed by atoms with Gasteiger partial charge in [-0.25, -0.2) is 0 Å². The third-order valence-electron chi connectivity index (χ3n) is 5.02. The van der Waals surface area contributed by atoms with Gasteiger partial charge in [0.15, 0.2) is 0 Å². The minimum Gasteiger partial charge on any atom is -0.385 e. The standard InChI is InChI=1S/C25H26F3NO2/c26-25(27,28)22-13-11-19(12-14-22)15-16-29-17-23(30)18-31-24(20-7-3-1-4-8-20)21-9-5-2-6-10-21/h1-14,23-24,29-30H,15-18H2/p+1/t23-/m0/s1. The highest BCUT2D eigenvalue weighted by atomic mass is 19.4. The van der Waals surface area contributed by atoms with E-state index in [0.717, 1.165) is 28.8 Å². The zero-order chi connectivity index (χ0) is 22.1. The molecule has 0 amide bonds. The molecule has 0 aliphatic heterocycles. The maximum absolute atomic E-state index is 12.6. The molecule has 1 atom stereocenters. The van der Waals surface area contributed by atoms with Crippen molar-refractivity contribution in [3.63, 3.8) is 0 Å². The van der Waals surface area contributed by atoms with Gasteiger partial charge in [0.05, 0.1) is 18.7 Å².